The molecule has 0 spiro atoms. The largest absolute Gasteiger partial charge is 0.454 e. The lowest BCUT2D eigenvalue weighted by atomic mass is 10.1. The predicted molar refractivity (Wildman–Crippen MR) is 59.2 cm³/mol. The van der Waals surface area contributed by atoms with Gasteiger partial charge in [0, 0.05) is 18.7 Å². The van der Waals surface area contributed by atoms with E-state index < -0.39 is 0 Å². The summed E-state index contributed by atoms with van der Waals surface area (Å²) >= 11 is 0. The first kappa shape index (κ1) is 9.08. The highest BCUT2D eigenvalue weighted by Crippen LogP contribution is 2.40. The normalized spacial score (nSPS) is 13.1. The Morgan fingerprint density at radius 3 is 3.00 bits per heavy atom. The minimum atomic E-state index is 0.259. The van der Waals surface area contributed by atoms with E-state index in [0.717, 1.165) is 22.8 Å². The number of nitrogens with zero attached hydrogens (tertiary/aromatic N) is 2. The Kier molecular flexibility index (Phi) is 1.80. The van der Waals surface area contributed by atoms with Crippen LogP contribution < -0.4 is 15.2 Å². The first-order valence-electron chi connectivity index (χ1n) is 4.94. The lowest BCUT2D eigenvalue weighted by Gasteiger charge is -2.01. The number of hydrogen-bond acceptors (Lipinski definition) is 4. The monoisotopic (exact) mass is 217 g/mol. The van der Waals surface area contributed by atoms with Gasteiger partial charge in [0.1, 0.15) is 5.82 Å². The molecule has 0 unspecified atom stereocenters. The summed E-state index contributed by atoms with van der Waals surface area (Å²) in [4.78, 5) is 0. The van der Waals surface area contributed by atoms with Crippen molar-refractivity contribution >= 4 is 5.82 Å². The molecular formula is C11H11N3O2. The van der Waals surface area contributed by atoms with E-state index in [2.05, 4.69) is 5.10 Å². The van der Waals surface area contributed by atoms with Gasteiger partial charge in [-0.2, -0.15) is 5.10 Å². The highest BCUT2D eigenvalue weighted by Gasteiger charge is 2.19. The molecule has 1 aromatic carbocycles. The van der Waals surface area contributed by atoms with E-state index >= 15 is 0 Å². The molecule has 0 saturated heterocycles. The predicted octanol–water partition coefficient (Wildman–Crippen LogP) is 1.40. The van der Waals surface area contributed by atoms with E-state index in [-0.39, 0.29) is 6.79 Å². The van der Waals surface area contributed by atoms with Crippen LogP contribution in [-0.2, 0) is 7.05 Å². The molecule has 1 aliphatic heterocycles. The second-order valence-electron chi connectivity index (χ2n) is 3.62. The van der Waals surface area contributed by atoms with Crippen LogP contribution in [0.1, 0.15) is 0 Å². The molecule has 2 N–H and O–H groups in total. The molecule has 0 atom stereocenters. The molecule has 82 valence electrons. The Labute approximate surface area is 92.4 Å². The van der Waals surface area contributed by atoms with Gasteiger partial charge < -0.3 is 15.2 Å². The number of aryl methyl sites for hydroxylation is 1. The van der Waals surface area contributed by atoms with Crippen LogP contribution in [0.5, 0.6) is 11.5 Å². The highest BCUT2D eigenvalue weighted by molar-refractivity contribution is 5.73. The van der Waals surface area contributed by atoms with Crippen molar-refractivity contribution in [2.45, 2.75) is 0 Å². The summed E-state index contributed by atoms with van der Waals surface area (Å²) in [5.74, 6) is 2.11. The van der Waals surface area contributed by atoms with Crippen molar-refractivity contribution in [3.05, 3.63) is 24.3 Å². The maximum absolute atomic E-state index is 5.75. The summed E-state index contributed by atoms with van der Waals surface area (Å²) in [6.45, 7) is 0.259. The summed E-state index contributed by atoms with van der Waals surface area (Å²) in [6.07, 6.45) is 0. The van der Waals surface area contributed by atoms with E-state index in [1.807, 2.05) is 24.3 Å². The Bertz CT molecular complexity index is 529. The van der Waals surface area contributed by atoms with Gasteiger partial charge in [-0.3, -0.25) is 4.68 Å². The number of rotatable bonds is 1. The van der Waals surface area contributed by atoms with E-state index in [0.29, 0.717) is 5.82 Å². The zero-order valence-corrected chi connectivity index (χ0v) is 8.80. The van der Waals surface area contributed by atoms with Gasteiger partial charge in [0.15, 0.2) is 11.5 Å². The van der Waals surface area contributed by atoms with Gasteiger partial charge in [-0.1, -0.05) is 6.07 Å². The Morgan fingerprint density at radius 2 is 2.25 bits per heavy atom. The van der Waals surface area contributed by atoms with Crippen LogP contribution in [0.15, 0.2) is 24.3 Å². The number of ether oxygens (including phenoxy) is 2. The number of fused-ring (bicyclic) bond motifs is 1. The van der Waals surface area contributed by atoms with E-state index in [4.69, 9.17) is 15.2 Å². The molecular weight excluding hydrogens is 206 g/mol. The van der Waals surface area contributed by atoms with Crippen LogP contribution >= 0.6 is 0 Å². The molecule has 16 heavy (non-hydrogen) atoms. The van der Waals surface area contributed by atoms with Crippen LogP contribution in [0.4, 0.5) is 5.82 Å². The van der Waals surface area contributed by atoms with Crippen LogP contribution in [0, 0.1) is 0 Å². The van der Waals surface area contributed by atoms with Gasteiger partial charge in [0.05, 0.1) is 5.69 Å². The van der Waals surface area contributed by atoms with Crippen LogP contribution in [0.3, 0.4) is 0 Å². The molecule has 1 aliphatic rings. The molecule has 1 aromatic heterocycles. The van der Waals surface area contributed by atoms with E-state index in [9.17, 15) is 0 Å². The van der Waals surface area contributed by atoms with E-state index in [1.165, 1.54) is 0 Å². The molecule has 0 bridgehead atoms. The molecule has 0 amide bonds. The zero-order valence-electron chi connectivity index (χ0n) is 8.80. The molecule has 0 radical (unpaired) electrons. The zero-order chi connectivity index (χ0) is 11.1. The van der Waals surface area contributed by atoms with Gasteiger partial charge in [0.25, 0.3) is 0 Å². The first-order chi connectivity index (χ1) is 7.75. The van der Waals surface area contributed by atoms with Crippen molar-refractivity contribution in [1.82, 2.24) is 9.78 Å². The van der Waals surface area contributed by atoms with Gasteiger partial charge >= 0.3 is 0 Å². The lowest BCUT2D eigenvalue weighted by Crippen LogP contribution is -1.96. The van der Waals surface area contributed by atoms with Gasteiger partial charge in [-0.25, -0.2) is 0 Å². The summed E-state index contributed by atoms with van der Waals surface area (Å²) in [7, 11) is 1.80. The molecule has 5 nitrogen and oxygen atoms in total. The van der Waals surface area contributed by atoms with Crippen molar-refractivity contribution in [3.8, 4) is 22.8 Å². The van der Waals surface area contributed by atoms with Crippen LogP contribution in [0.2, 0.25) is 0 Å². The van der Waals surface area contributed by atoms with Crippen LogP contribution in [0.25, 0.3) is 11.3 Å². The summed E-state index contributed by atoms with van der Waals surface area (Å²) in [5, 5.41) is 4.31. The minimum absolute atomic E-state index is 0.259. The SMILES string of the molecule is Cn1nc(-c2cccc3c2OCO3)cc1N. The summed E-state index contributed by atoms with van der Waals surface area (Å²) < 4.78 is 12.4. The number of aromatic nitrogens is 2. The fourth-order valence-corrected chi connectivity index (χ4v) is 1.75. The lowest BCUT2D eigenvalue weighted by molar-refractivity contribution is 0.174. The van der Waals surface area contributed by atoms with Crippen molar-refractivity contribution < 1.29 is 9.47 Å². The third-order valence-electron chi connectivity index (χ3n) is 2.59. The molecule has 3 rings (SSSR count). The number of nitrogen functional groups attached to an aromatic ring is 1. The molecule has 5 heteroatoms. The van der Waals surface area contributed by atoms with Crippen LogP contribution in [-0.4, -0.2) is 16.6 Å². The Morgan fingerprint density at radius 1 is 1.38 bits per heavy atom. The van der Waals surface area contributed by atoms with Gasteiger partial charge in [-0.05, 0) is 12.1 Å². The second-order valence-corrected chi connectivity index (χ2v) is 3.62. The average Bonchev–Trinajstić information content (AvgIpc) is 2.85. The maximum Gasteiger partial charge on any atom is 0.231 e. The molecule has 2 heterocycles. The third kappa shape index (κ3) is 1.21. The van der Waals surface area contributed by atoms with Crippen molar-refractivity contribution in [2.24, 2.45) is 7.05 Å². The highest BCUT2D eigenvalue weighted by atomic mass is 16.7. The second kappa shape index (κ2) is 3.16. The summed E-state index contributed by atoms with van der Waals surface area (Å²) in [6, 6.07) is 7.54. The van der Waals surface area contributed by atoms with E-state index in [1.54, 1.807) is 11.7 Å². The topological polar surface area (TPSA) is 62.3 Å². The standard InChI is InChI=1S/C11H11N3O2/c1-14-10(12)5-8(13-14)7-3-2-4-9-11(7)16-6-15-9/h2-5H,6,12H2,1H3. The number of anilines is 1. The quantitative estimate of drug-likeness (QED) is 0.784. The van der Waals surface area contributed by atoms with Crippen molar-refractivity contribution in [2.75, 3.05) is 12.5 Å². The smallest absolute Gasteiger partial charge is 0.231 e. The number of hydrogen-bond donors (Lipinski definition) is 1. The first-order valence-corrected chi connectivity index (χ1v) is 4.94. The maximum atomic E-state index is 5.75. The Balaban J connectivity index is 2.17. The fourth-order valence-electron chi connectivity index (χ4n) is 1.75. The van der Waals surface area contributed by atoms with Crippen molar-refractivity contribution in [1.29, 1.82) is 0 Å². The Hall–Kier alpha value is -2.17. The number of para-hydroxylation sites is 1. The number of nitrogens with two attached hydrogens (primary N) is 1. The summed E-state index contributed by atoms with van der Waals surface area (Å²) in [5.41, 5.74) is 7.45. The van der Waals surface area contributed by atoms with Gasteiger partial charge in [-0.15, -0.1) is 0 Å². The third-order valence-corrected chi connectivity index (χ3v) is 2.59. The molecule has 0 saturated carbocycles. The molecule has 0 aliphatic carbocycles. The van der Waals surface area contributed by atoms with Crippen molar-refractivity contribution in [3.63, 3.8) is 0 Å². The minimum Gasteiger partial charge on any atom is -0.454 e. The molecule has 2 aromatic rings. The number of benzene rings is 1. The average molecular weight is 217 g/mol. The van der Waals surface area contributed by atoms with Gasteiger partial charge in [0.2, 0.25) is 6.79 Å². The fraction of sp³-hybridized carbons (Fsp3) is 0.182. The molecule has 0 fully saturated rings.